The second-order valence-corrected chi connectivity index (χ2v) is 7.56. The van der Waals surface area contributed by atoms with E-state index in [0.717, 1.165) is 5.56 Å². The first-order chi connectivity index (χ1) is 14.5. The summed E-state index contributed by atoms with van der Waals surface area (Å²) in [5.41, 5.74) is 1.73. The first kappa shape index (κ1) is 19.8. The molecule has 2 aromatic carbocycles. The lowest BCUT2D eigenvalue weighted by atomic mass is 9.97. The SMILES string of the molecule is COC(=O)C1CCCN(C(=O)c2ccc3c(c2)C(=O)N(Cc2ccccc2)C3=O)C1. The number of hydrogen-bond donors (Lipinski definition) is 0. The molecule has 0 aromatic heterocycles. The molecule has 1 fully saturated rings. The van der Waals surface area contributed by atoms with E-state index < -0.39 is 5.91 Å². The first-order valence-corrected chi connectivity index (χ1v) is 9.91. The monoisotopic (exact) mass is 406 g/mol. The van der Waals surface area contributed by atoms with Gasteiger partial charge in [-0.15, -0.1) is 0 Å². The Hall–Kier alpha value is -3.48. The van der Waals surface area contributed by atoms with Crippen LogP contribution >= 0.6 is 0 Å². The maximum absolute atomic E-state index is 13.0. The summed E-state index contributed by atoms with van der Waals surface area (Å²) in [7, 11) is 1.34. The molecule has 0 N–H and O–H groups in total. The van der Waals surface area contributed by atoms with Gasteiger partial charge < -0.3 is 9.64 Å². The number of rotatable bonds is 4. The van der Waals surface area contributed by atoms with Gasteiger partial charge in [0.15, 0.2) is 0 Å². The molecule has 7 nitrogen and oxygen atoms in total. The van der Waals surface area contributed by atoms with Gasteiger partial charge in [-0.2, -0.15) is 0 Å². The van der Waals surface area contributed by atoms with Crippen molar-refractivity contribution >= 4 is 23.7 Å². The van der Waals surface area contributed by atoms with Crippen LogP contribution in [0.5, 0.6) is 0 Å². The van der Waals surface area contributed by atoms with Crippen LogP contribution in [-0.4, -0.2) is 53.7 Å². The predicted octanol–water partition coefficient (Wildman–Crippen LogP) is 2.51. The Morgan fingerprint density at radius 1 is 1.03 bits per heavy atom. The highest BCUT2D eigenvalue weighted by atomic mass is 16.5. The number of nitrogens with zero attached hydrogens (tertiary/aromatic N) is 2. The van der Waals surface area contributed by atoms with Crippen molar-refractivity contribution in [2.45, 2.75) is 19.4 Å². The third-order valence-electron chi connectivity index (χ3n) is 5.64. The van der Waals surface area contributed by atoms with Crippen LogP contribution in [0.25, 0.3) is 0 Å². The van der Waals surface area contributed by atoms with Crippen LogP contribution in [0.2, 0.25) is 0 Å². The summed E-state index contributed by atoms with van der Waals surface area (Å²) >= 11 is 0. The van der Waals surface area contributed by atoms with Crippen molar-refractivity contribution in [1.29, 1.82) is 0 Å². The van der Waals surface area contributed by atoms with Crippen molar-refractivity contribution in [2.24, 2.45) is 5.92 Å². The highest BCUT2D eigenvalue weighted by molar-refractivity contribution is 6.22. The normalized spacial score (nSPS) is 18.4. The minimum Gasteiger partial charge on any atom is -0.469 e. The molecule has 0 saturated carbocycles. The molecule has 0 spiro atoms. The third-order valence-corrected chi connectivity index (χ3v) is 5.64. The third kappa shape index (κ3) is 3.58. The Balaban J connectivity index is 1.54. The van der Waals surface area contributed by atoms with Gasteiger partial charge in [-0.3, -0.25) is 24.1 Å². The van der Waals surface area contributed by atoms with Gasteiger partial charge >= 0.3 is 5.97 Å². The molecule has 7 heteroatoms. The van der Waals surface area contributed by atoms with Gasteiger partial charge in [0.1, 0.15) is 0 Å². The maximum atomic E-state index is 13.0. The van der Waals surface area contributed by atoms with Crippen LogP contribution in [0.15, 0.2) is 48.5 Å². The fraction of sp³-hybridized carbons (Fsp3) is 0.304. The molecule has 2 aromatic rings. The molecule has 3 amide bonds. The standard InChI is InChI=1S/C23H22N2O5/c1-30-23(29)17-8-5-11-24(14-17)20(26)16-9-10-18-19(12-16)22(28)25(21(18)27)13-15-6-3-2-4-7-15/h2-4,6-7,9-10,12,17H,5,8,11,13-14H2,1H3. The molecule has 1 saturated heterocycles. The Morgan fingerprint density at radius 2 is 1.77 bits per heavy atom. The zero-order valence-corrected chi connectivity index (χ0v) is 16.7. The van der Waals surface area contributed by atoms with Crippen LogP contribution in [0, 0.1) is 5.92 Å². The summed E-state index contributed by atoms with van der Waals surface area (Å²) in [6, 6.07) is 13.9. The number of ether oxygens (including phenoxy) is 1. The highest BCUT2D eigenvalue weighted by Gasteiger charge is 2.37. The molecule has 0 aliphatic carbocycles. The number of benzene rings is 2. The second kappa shape index (κ2) is 8.10. The average molecular weight is 406 g/mol. The number of carbonyl (C=O) groups excluding carboxylic acids is 4. The molecule has 1 atom stereocenters. The fourth-order valence-corrected chi connectivity index (χ4v) is 4.04. The Bertz CT molecular complexity index is 1020. The first-order valence-electron chi connectivity index (χ1n) is 9.91. The number of fused-ring (bicyclic) bond motifs is 1. The quantitative estimate of drug-likeness (QED) is 0.575. The number of methoxy groups -OCH3 is 1. The van der Waals surface area contributed by atoms with Crippen LogP contribution < -0.4 is 0 Å². The van der Waals surface area contributed by atoms with E-state index in [9.17, 15) is 19.2 Å². The highest BCUT2D eigenvalue weighted by Crippen LogP contribution is 2.27. The Morgan fingerprint density at radius 3 is 2.50 bits per heavy atom. The van der Waals surface area contributed by atoms with E-state index in [1.807, 2.05) is 30.3 Å². The van der Waals surface area contributed by atoms with Gasteiger partial charge in [0.25, 0.3) is 17.7 Å². The van der Waals surface area contributed by atoms with E-state index in [1.54, 1.807) is 11.0 Å². The largest absolute Gasteiger partial charge is 0.469 e. The molecule has 2 aliphatic rings. The Labute approximate surface area is 174 Å². The molecular formula is C23H22N2O5. The lowest BCUT2D eigenvalue weighted by molar-refractivity contribution is -0.146. The molecule has 154 valence electrons. The van der Waals surface area contributed by atoms with Crippen molar-refractivity contribution < 1.29 is 23.9 Å². The van der Waals surface area contributed by atoms with E-state index in [-0.39, 0.29) is 42.4 Å². The van der Waals surface area contributed by atoms with Gasteiger partial charge in [-0.1, -0.05) is 30.3 Å². The summed E-state index contributed by atoms with van der Waals surface area (Å²) in [4.78, 5) is 53.2. The number of imide groups is 1. The van der Waals surface area contributed by atoms with Gasteiger partial charge in [-0.25, -0.2) is 0 Å². The Kier molecular flexibility index (Phi) is 5.35. The smallest absolute Gasteiger partial charge is 0.310 e. The second-order valence-electron chi connectivity index (χ2n) is 7.56. The van der Waals surface area contributed by atoms with Gasteiger partial charge in [0.2, 0.25) is 0 Å². The van der Waals surface area contributed by atoms with E-state index in [2.05, 4.69) is 0 Å². The molecule has 1 unspecified atom stereocenters. The van der Waals surface area contributed by atoms with E-state index >= 15 is 0 Å². The molecular weight excluding hydrogens is 384 g/mol. The number of esters is 1. The fourth-order valence-electron chi connectivity index (χ4n) is 4.04. The van der Waals surface area contributed by atoms with E-state index in [4.69, 9.17) is 4.74 Å². The van der Waals surface area contributed by atoms with Crippen molar-refractivity contribution in [1.82, 2.24) is 9.80 Å². The molecule has 2 aliphatic heterocycles. The van der Waals surface area contributed by atoms with Gasteiger partial charge in [0, 0.05) is 18.7 Å². The van der Waals surface area contributed by atoms with Gasteiger partial charge in [0.05, 0.1) is 30.7 Å². The minimum absolute atomic E-state index is 0.184. The summed E-state index contributed by atoms with van der Waals surface area (Å²) in [5.74, 6) is -1.68. The predicted molar refractivity (Wildman–Crippen MR) is 108 cm³/mol. The topological polar surface area (TPSA) is 84.0 Å². The zero-order chi connectivity index (χ0) is 21.3. The van der Waals surface area contributed by atoms with E-state index in [0.29, 0.717) is 30.5 Å². The van der Waals surface area contributed by atoms with Crippen molar-refractivity contribution in [3.05, 3.63) is 70.8 Å². The molecule has 4 rings (SSSR count). The molecule has 0 radical (unpaired) electrons. The molecule has 0 bridgehead atoms. The molecule has 30 heavy (non-hydrogen) atoms. The summed E-state index contributed by atoms with van der Waals surface area (Å²) in [6.07, 6.45) is 1.39. The summed E-state index contributed by atoms with van der Waals surface area (Å²) < 4.78 is 4.81. The zero-order valence-electron chi connectivity index (χ0n) is 16.7. The maximum Gasteiger partial charge on any atom is 0.310 e. The number of carbonyl (C=O) groups is 4. The van der Waals surface area contributed by atoms with Crippen LogP contribution in [0.1, 0.15) is 49.5 Å². The minimum atomic E-state index is -0.403. The van der Waals surface area contributed by atoms with Crippen molar-refractivity contribution in [3.63, 3.8) is 0 Å². The van der Waals surface area contributed by atoms with Crippen molar-refractivity contribution in [2.75, 3.05) is 20.2 Å². The van der Waals surface area contributed by atoms with Crippen LogP contribution in [0.4, 0.5) is 0 Å². The van der Waals surface area contributed by atoms with Crippen molar-refractivity contribution in [3.8, 4) is 0 Å². The molecule has 2 heterocycles. The number of amides is 3. The number of likely N-dealkylation sites (tertiary alicyclic amines) is 1. The lowest BCUT2D eigenvalue weighted by Crippen LogP contribution is -2.42. The number of hydrogen-bond acceptors (Lipinski definition) is 5. The van der Waals surface area contributed by atoms with Crippen LogP contribution in [-0.2, 0) is 16.1 Å². The van der Waals surface area contributed by atoms with Gasteiger partial charge in [-0.05, 0) is 36.6 Å². The number of piperidine rings is 1. The van der Waals surface area contributed by atoms with Crippen LogP contribution in [0.3, 0.4) is 0 Å². The van der Waals surface area contributed by atoms with E-state index in [1.165, 1.54) is 24.1 Å². The summed E-state index contributed by atoms with van der Waals surface area (Å²) in [5, 5.41) is 0. The lowest BCUT2D eigenvalue weighted by Gasteiger charge is -2.31. The summed E-state index contributed by atoms with van der Waals surface area (Å²) in [6.45, 7) is 1.01. The average Bonchev–Trinajstić information content (AvgIpc) is 3.03.